The van der Waals surface area contributed by atoms with Crippen molar-refractivity contribution in [3.05, 3.63) is 30.5 Å². The molecule has 2 aromatic rings. The van der Waals surface area contributed by atoms with Gasteiger partial charge in [-0.05, 0) is 51.2 Å². The molecule has 0 aliphatic rings. The summed E-state index contributed by atoms with van der Waals surface area (Å²) >= 11 is 0. The molecule has 0 aliphatic heterocycles. The monoisotopic (exact) mass is 332 g/mol. The molecule has 0 spiro atoms. The van der Waals surface area contributed by atoms with Crippen molar-refractivity contribution in [2.24, 2.45) is 5.92 Å². The maximum atomic E-state index is 12.0. The highest BCUT2D eigenvalue weighted by molar-refractivity contribution is 5.93. The number of aliphatic hydroxyl groups excluding tert-OH is 1. The second-order valence-corrected chi connectivity index (χ2v) is 6.63. The van der Waals surface area contributed by atoms with E-state index in [-0.39, 0.29) is 24.6 Å². The number of amides is 2. The second-order valence-electron chi connectivity index (χ2n) is 6.63. The Hall–Kier alpha value is -2.05. The summed E-state index contributed by atoms with van der Waals surface area (Å²) in [6.07, 6.45) is 2.07. The molecule has 0 bridgehead atoms. The van der Waals surface area contributed by atoms with Crippen LogP contribution >= 0.6 is 0 Å². The summed E-state index contributed by atoms with van der Waals surface area (Å²) in [4.78, 5) is 14.2. The van der Waals surface area contributed by atoms with E-state index in [1.807, 2.05) is 32.0 Å². The normalized spacial score (nSPS) is 13.9. The number of likely N-dealkylation sites (N-methyl/N-ethyl adjacent to an activating group) is 1. The number of aliphatic hydroxyl groups is 1. The zero-order valence-electron chi connectivity index (χ0n) is 14.9. The van der Waals surface area contributed by atoms with E-state index in [0.717, 1.165) is 29.7 Å². The molecule has 0 unspecified atom stereocenters. The van der Waals surface area contributed by atoms with Crippen LogP contribution in [0.3, 0.4) is 0 Å². The SMILES string of the molecule is C[C@H](CO)[C@H](C)NC(=O)Nc1ccc2c(ccn2CCN(C)C)c1. The Morgan fingerprint density at radius 1 is 1.29 bits per heavy atom. The summed E-state index contributed by atoms with van der Waals surface area (Å²) < 4.78 is 2.21. The molecule has 6 heteroatoms. The molecule has 1 aromatic carbocycles. The Morgan fingerprint density at radius 2 is 2.04 bits per heavy atom. The van der Waals surface area contributed by atoms with Crippen LogP contribution in [0.25, 0.3) is 10.9 Å². The molecular formula is C18H28N4O2. The number of nitrogens with zero attached hydrogens (tertiary/aromatic N) is 2. The first-order valence-corrected chi connectivity index (χ1v) is 8.32. The molecule has 132 valence electrons. The number of hydrogen-bond donors (Lipinski definition) is 3. The molecule has 2 atom stereocenters. The topological polar surface area (TPSA) is 69.5 Å². The Morgan fingerprint density at radius 3 is 2.71 bits per heavy atom. The third-order valence-corrected chi connectivity index (χ3v) is 4.32. The Kier molecular flexibility index (Phi) is 6.23. The second kappa shape index (κ2) is 8.17. The number of rotatable bonds is 7. The molecule has 1 heterocycles. The molecule has 0 saturated heterocycles. The summed E-state index contributed by atoms with van der Waals surface area (Å²) in [5.41, 5.74) is 1.92. The molecule has 2 rings (SSSR count). The van der Waals surface area contributed by atoms with Crippen LogP contribution in [0.4, 0.5) is 10.5 Å². The number of carbonyl (C=O) groups excluding carboxylic acids is 1. The van der Waals surface area contributed by atoms with Gasteiger partial charge in [0.1, 0.15) is 0 Å². The molecule has 6 nitrogen and oxygen atoms in total. The highest BCUT2D eigenvalue weighted by atomic mass is 16.3. The number of aromatic nitrogens is 1. The van der Waals surface area contributed by atoms with Crippen LogP contribution in [0.2, 0.25) is 0 Å². The summed E-state index contributed by atoms with van der Waals surface area (Å²) in [6.45, 7) is 5.74. The van der Waals surface area contributed by atoms with Gasteiger partial charge in [-0.25, -0.2) is 4.79 Å². The molecule has 0 fully saturated rings. The summed E-state index contributed by atoms with van der Waals surface area (Å²) in [7, 11) is 4.12. The van der Waals surface area contributed by atoms with Gasteiger partial charge in [0.25, 0.3) is 0 Å². The first-order valence-electron chi connectivity index (χ1n) is 8.32. The number of fused-ring (bicyclic) bond motifs is 1. The maximum Gasteiger partial charge on any atom is 0.319 e. The van der Waals surface area contributed by atoms with Gasteiger partial charge in [0.2, 0.25) is 0 Å². The van der Waals surface area contributed by atoms with Crippen molar-refractivity contribution in [1.82, 2.24) is 14.8 Å². The molecule has 2 amide bonds. The van der Waals surface area contributed by atoms with Gasteiger partial charge in [-0.1, -0.05) is 6.92 Å². The van der Waals surface area contributed by atoms with E-state index in [0.29, 0.717) is 0 Å². The Labute approximate surface area is 143 Å². The van der Waals surface area contributed by atoms with E-state index in [2.05, 4.69) is 46.5 Å². The lowest BCUT2D eigenvalue weighted by Gasteiger charge is -2.19. The molecular weight excluding hydrogens is 304 g/mol. The lowest BCUT2D eigenvalue weighted by atomic mass is 10.1. The smallest absolute Gasteiger partial charge is 0.319 e. The van der Waals surface area contributed by atoms with Gasteiger partial charge >= 0.3 is 6.03 Å². The fraction of sp³-hybridized carbons (Fsp3) is 0.500. The van der Waals surface area contributed by atoms with Crippen molar-refractivity contribution in [3.63, 3.8) is 0 Å². The van der Waals surface area contributed by atoms with Crippen LogP contribution in [0, 0.1) is 5.92 Å². The van der Waals surface area contributed by atoms with Gasteiger partial charge in [0.15, 0.2) is 0 Å². The summed E-state index contributed by atoms with van der Waals surface area (Å²) in [5.74, 6) is 0.0176. The Bertz CT molecular complexity index is 681. The van der Waals surface area contributed by atoms with Crippen LogP contribution in [0.1, 0.15) is 13.8 Å². The standard InChI is InChI=1S/C18H28N4O2/c1-13(12-23)14(2)19-18(24)20-16-5-6-17-15(11-16)7-8-22(17)10-9-21(3)4/h5-8,11,13-14,23H,9-10,12H2,1-4H3,(H2,19,20,24)/t13-,14+/m1/s1. The zero-order chi connectivity index (χ0) is 17.7. The van der Waals surface area contributed by atoms with Crippen molar-refractivity contribution in [2.75, 3.05) is 32.6 Å². The molecule has 0 aliphatic carbocycles. The van der Waals surface area contributed by atoms with Crippen LogP contribution in [-0.2, 0) is 6.54 Å². The number of benzene rings is 1. The maximum absolute atomic E-state index is 12.0. The minimum Gasteiger partial charge on any atom is -0.396 e. The third kappa shape index (κ3) is 4.72. The first-order chi connectivity index (χ1) is 11.4. The van der Waals surface area contributed by atoms with E-state index in [9.17, 15) is 4.79 Å². The average Bonchev–Trinajstić information content (AvgIpc) is 2.94. The molecule has 3 N–H and O–H groups in total. The molecule has 1 aromatic heterocycles. The van der Waals surface area contributed by atoms with Crippen molar-refractivity contribution < 1.29 is 9.90 Å². The number of urea groups is 1. The van der Waals surface area contributed by atoms with Crippen molar-refractivity contribution in [1.29, 1.82) is 0 Å². The van der Waals surface area contributed by atoms with Gasteiger partial charge in [0.05, 0.1) is 0 Å². The summed E-state index contributed by atoms with van der Waals surface area (Å²) in [5, 5.41) is 15.9. The van der Waals surface area contributed by atoms with Crippen LogP contribution in [0.15, 0.2) is 30.5 Å². The highest BCUT2D eigenvalue weighted by Crippen LogP contribution is 2.20. The third-order valence-electron chi connectivity index (χ3n) is 4.32. The highest BCUT2D eigenvalue weighted by Gasteiger charge is 2.14. The zero-order valence-corrected chi connectivity index (χ0v) is 14.9. The van der Waals surface area contributed by atoms with Crippen LogP contribution < -0.4 is 10.6 Å². The van der Waals surface area contributed by atoms with E-state index in [1.54, 1.807) is 0 Å². The number of anilines is 1. The number of hydrogen-bond acceptors (Lipinski definition) is 3. The average molecular weight is 332 g/mol. The van der Waals surface area contributed by atoms with Crippen molar-refractivity contribution in [2.45, 2.75) is 26.4 Å². The van der Waals surface area contributed by atoms with Crippen molar-refractivity contribution in [3.8, 4) is 0 Å². The van der Waals surface area contributed by atoms with Gasteiger partial charge in [-0.15, -0.1) is 0 Å². The molecule has 0 saturated carbocycles. The lowest BCUT2D eigenvalue weighted by Crippen LogP contribution is -2.40. The van der Waals surface area contributed by atoms with Crippen LogP contribution in [0.5, 0.6) is 0 Å². The van der Waals surface area contributed by atoms with E-state index in [1.165, 1.54) is 0 Å². The van der Waals surface area contributed by atoms with Crippen LogP contribution in [-0.4, -0.2) is 53.9 Å². The van der Waals surface area contributed by atoms with Gasteiger partial charge < -0.3 is 25.2 Å². The van der Waals surface area contributed by atoms with E-state index in [4.69, 9.17) is 5.11 Å². The van der Waals surface area contributed by atoms with E-state index >= 15 is 0 Å². The minimum atomic E-state index is -0.255. The number of carbonyl (C=O) groups is 1. The largest absolute Gasteiger partial charge is 0.396 e. The van der Waals surface area contributed by atoms with Crippen molar-refractivity contribution >= 4 is 22.6 Å². The minimum absolute atomic E-state index is 0.0176. The predicted molar refractivity (Wildman–Crippen MR) is 98.4 cm³/mol. The number of nitrogens with one attached hydrogen (secondary N) is 2. The quantitative estimate of drug-likeness (QED) is 0.729. The molecule has 0 radical (unpaired) electrons. The first kappa shape index (κ1) is 18.3. The fourth-order valence-electron chi connectivity index (χ4n) is 2.45. The summed E-state index contributed by atoms with van der Waals surface area (Å²) in [6, 6.07) is 7.63. The van der Waals surface area contributed by atoms with Gasteiger partial charge in [-0.3, -0.25) is 0 Å². The lowest BCUT2D eigenvalue weighted by molar-refractivity contribution is 0.204. The van der Waals surface area contributed by atoms with Gasteiger partial charge in [-0.2, -0.15) is 0 Å². The Balaban J connectivity index is 2.02. The fourth-order valence-corrected chi connectivity index (χ4v) is 2.45. The molecule has 24 heavy (non-hydrogen) atoms. The van der Waals surface area contributed by atoms with E-state index < -0.39 is 0 Å². The van der Waals surface area contributed by atoms with Gasteiger partial charge in [0, 0.05) is 48.5 Å². The predicted octanol–water partition coefficient (Wildman–Crippen LogP) is 2.34.